The number of amides is 1. The van der Waals surface area contributed by atoms with Crippen LogP contribution in [0.4, 0.5) is 24.7 Å². The first-order valence-electron chi connectivity index (χ1n) is 5.73. The maximum atomic E-state index is 12.0. The second-order valence-corrected chi connectivity index (χ2v) is 4.81. The Morgan fingerprint density at radius 3 is 2.43 bits per heavy atom. The Bertz CT molecular complexity index is 745. The van der Waals surface area contributed by atoms with Gasteiger partial charge in [-0.2, -0.15) is 0 Å². The van der Waals surface area contributed by atoms with Gasteiger partial charge in [0.2, 0.25) is 0 Å². The van der Waals surface area contributed by atoms with Gasteiger partial charge in [-0.3, -0.25) is 4.79 Å². The fourth-order valence-corrected chi connectivity index (χ4v) is 2.02. The van der Waals surface area contributed by atoms with Crippen molar-refractivity contribution in [3.8, 4) is 5.75 Å². The molecule has 0 atom stereocenters. The Labute approximate surface area is 133 Å². The number of nitrogens with one attached hydrogen (secondary N) is 2. The largest absolute Gasteiger partial charge is 0.573 e. The molecule has 2 N–H and O–H groups in total. The number of nitrogens with zero attached hydrogens (tertiary/aromatic N) is 2. The topological polar surface area (TPSA) is 110 Å². The number of aromatic amines is 1. The lowest BCUT2D eigenvalue weighted by Crippen LogP contribution is -2.17. The molecule has 1 amide bonds. The van der Waals surface area contributed by atoms with Crippen molar-refractivity contribution in [3.63, 3.8) is 0 Å². The van der Waals surface area contributed by atoms with Crippen molar-refractivity contribution in [2.45, 2.75) is 6.36 Å². The molecule has 8 nitrogen and oxygen atoms in total. The molecule has 1 aromatic carbocycles. The lowest BCUT2D eigenvalue weighted by molar-refractivity contribution is -0.390. The van der Waals surface area contributed by atoms with Gasteiger partial charge in [0.15, 0.2) is 5.69 Å². The number of carbonyl (C=O) groups excluding carboxylic acids is 1. The lowest BCUT2D eigenvalue weighted by Gasteiger charge is -2.09. The number of benzene rings is 1. The van der Waals surface area contributed by atoms with Crippen LogP contribution in [0.5, 0.6) is 5.75 Å². The van der Waals surface area contributed by atoms with Gasteiger partial charge in [0.1, 0.15) is 10.2 Å². The van der Waals surface area contributed by atoms with Gasteiger partial charge in [-0.15, -0.1) is 18.3 Å². The van der Waals surface area contributed by atoms with E-state index in [0.29, 0.717) is 0 Å². The van der Waals surface area contributed by atoms with Crippen molar-refractivity contribution >= 4 is 33.3 Å². The smallest absolute Gasteiger partial charge is 0.406 e. The molecule has 2 rings (SSSR count). The van der Waals surface area contributed by atoms with Crippen LogP contribution in [0.1, 0.15) is 10.5 Å². The molecule has 2 aromatic rings. The highest BCUT2D eigenvalue weighted by Crippen LogP contribution is 2.27. The van der Waals surface area contributed by atoms with Crippen molar-refractivity contribution < 1.29 is 27.6 Å². The average molecular weight is 395 g/mol. The molecule has 0 aliphatic heterocycles. The predicted octanol–water partition coefficient (Wildman–Crippen LogP) is 3.23. The Balaban J connectivity index is 2.10. The van der Waals surface area contributed by atoms with Crippen LogP contribution in [0, 0.1) is 10.1 Å². The minimum atomic E-state index is -4.82. The maximum absolute atomic E-state index is 12.0. The van der Waals surface area contributed by atoms with Crippen molar-refractivity contribution in [1.82, 2.24) is 10.2 Å². The number of rotatable bonds is 4. The Hall–Kier alpha value is -2.63. The van der Waals surface area contributed by atoms with Crippen LogP contribution < -0.4 is 10.1 Å². The predicted molar refractivity (Wildman–Crippen MR) is 74.0 cm³/mol. The van der Waals surface area contributed by atoms with Gasteiger partial charge >= 0.3 is 12.2 Å². The quantitative estimate of drug-likeness (QED) is 0.610. The molecule has 0 unspecified atom stereocenters. The molecule has 0 spiro atoms. The third-order valence-corrected chi connectivity index (χ3v) is 3.18. The fraction of sp³-hybridized carbons (Fsp3) is 0.0909. The van der Waals surface area contributed by atoms with Crippen LogP contribution in [0.3, 0.4) is 0 Å². The van der Waals surface area contributed by atoms with Crippen molar-refractivity contribution in [3.05, 3.63) is 44.5 Å². The van der Waals surface area contributed by atoms with E-state index in [9.17, 15) is 28.1 Å². The second kappa shape index (κ2) is 6.24. The number of ether oxygens (including phenoxy) is 1. The first-order valence-corrected chi connectivity index (χ1v) is 6.52. The average Bonchev–Trinajstić information content (AvgIpc) is 2.81. The highest BCUT2D eigenvalue weighted by Gasteiger charge is 2.31. The monoisotopic (exact) mass is 394 g/mol. The van der Waals surface area contributed by atoms with Gasteiger partial charge in [-0.05, 0) is 45.1 Å². The molecule has 23 heavy (non-hydrogen) atoms. The molecular formula is C11H6BrF3N4O4. The molecule has 1 aromatic heterocycles. The molecular weight excluding hydrogens is 389 g/mol. The number of carbonyl (C=O) groups is 1. The summed E-state index contributed by atoms with van der Waals surface area (Å²) in [6.45, 7) is 0. The minimum Gasteiger partial charge on any atom is -0.406 e. The number of hydrogen-bond acceptors (Lipinski definition) is 5. The number of anilines is 1. The molecule has 122 valence electrons. The highest BCUT2D eigenvalue weighted by molar-refractivity contribution is 9.10. The van der Waals surface area contributed by atoms with Gasteiger partial charge in [0.25, 0.3) is 5.91 Å². The molecule has 12 heteroatoms. The standard InChI is InChI=1S/C11H6BrF3N4O4/c12-7-8(17-18-9(7)19(21)22)10(20)16-5-1-3-6(4-2-5)23-11(13,14)15/h1-4H,(H,16,20)(H,17,18). The van der Waals surface area contributed by atoms with Gasteiger partial charge in [-0.25, -0.2) is 0 Å². The van der Waals surface area contributed by atoms with E-state index >= 15 is 0 Å². The number of aromatic nitrogens is 2. The summed E-state index contributed by atoms with van der Waals surface area (Å²) in [5.41, 5.74) is -0.116. The molecule has 0 radical (unpaired) electrons. The van der Waals surface area contributed by atoms with Crippen LogP contribution in [-0.2, 0) is 0 Å². The summed E-state index contributed by atoms with van der Waals surface area (Å²) >= 11 is 2.87. The Kier molecular flexibility index (Phi) is 4.54. The van der Waals surface area contributed by atoms with E-state index in [4.69, 9.17) is 0 Å². The molecule has 0 aliphatic rings. The summed E-state index contributed by atoms with van der Waals surface area (Å²) in [7, 11) is 0. The number of H-pyrrole nitrogens is 1. The van der Waals surface area contributed by atoms with Crippen molar-refractivity contribution in [1.29, 1.82) is 0 Å². The summed E-state index contributed by atoms with van der Waals surface area (Å²) < 4.78 is 39.6. The van der Waals surface area contributed by atoms with Crippen LogP contribution in [0.15, 0.2) is 28.7 Å². The zero-order chi connectivity index (χ0) is 17.2. The zero-order valence-electron chi connectivity index (χ0n) is 10.8. The summed E-state index contributed by atoms with van der Waals surface area (Å²) in [6, 6.07) is 4.36. The van der Waals surface area contributed by atoms with Crippen LogP contribution in [0.2, 0.25) is 0 Å². The summed E-state index contributed by atoms with van der Waals surface area (Å²) in [5, 5.41) is 18.5. The van der Waals surface area contributed by atoms with Crippen LogP contribution >= 0.6 is 15.9 Å². The third-order valence-electron chi connectivity index (χ3n) is 2.43. The van der Waals surface area contributed by atoms with E-state index in [1.807, 2.05) is 0 Å². The SMILES string of the molecule is O=C(Nc1ccc(OC(F)(F)F)cc1)c1n[nH]c([N+](=O)[O-])c1Br. The Morgan fingerprint density at radius 1 is 1.35 bits per heavy atom. The van der Waals surface area contributed by atoms with E-state index in [-0.39, 0.29) is 15.9 Å². The van der Waals surface area contributed by atoms with Crippen molar-refractivity contribution in [2.24, 2.45) is 0 Å². The van der Waals surface area contributed by atoms with E-state index in [1.165, 1.54) is 12.1 Å². The number of alkyl halides is 3. The van der Waals surface area contributed by atoms with Gasteiger partial charge in [-0.1, -0.05) is 5.10 Å². The summed E-state index contributed by atoms with van der Waals surface area (Å²) in [5.74, 6) is -1.73. The first kappa shape index (κ1) is 16.7. The number of nitro groups is 1. The first-order chi connectivity index (χ1) is 10.7. The van der Waals surface area contributed by atoms with Crippen molar-refractivity contribution in [2.75, 3.05) is 5.32 Å². The van der Waals surface area contributed by atoms with Gasteiger partial charge < -0.3 is 20.2 Å². The van der Waals surface area contributed by atoms with Crippen LogP contribution in [0.25, 0.3) is 0 Å². The summed E-state index contributed by atoms with van der Waals surface area (Å²) in [6.07, 6.45) is -4.82. The number of halogens is 4. The molecule has 0 aliphatic carbocycles. The normalized spacial score (nSPS) is 11.1. The molecule has 0 saturated heterocycles. The Morgan fingerprint density at radius 2 is 1.96 bits per heavy atom. The number of hydrogen-bond donors (Lipinski definition) is 2. The minimum absolute atomic E-state index is 0.142. The van der Waals surface area contributed by atoms with E-state index < -0.39 is 28.8 Å². The van der Waals surface area contributed by atoms with Gasteiger partial charge in [0.05, 0.1) is 0 Å². The zero-order valence-corrected chi connectivity index (χ0v) is 12.4. The van der Waals surface area contributed by atoms with E-state index in [0.717, 1.165) is 12.1 Å². The van der Waals surface area contributed by atoms with E-state index in [1.54, 1.807) is 0 Å². The van der Waals surface area contributed by atoms with Gasteiger partial charge in [0, 0.05) is 5.69 Å². The molecule has 0 fully saturated rings. The molecule has 0 saturated carbocycles. The van der Waals surface area contributed by atoms with E-state index in [2.05, 4.69) is 36.2 Å². The maximum Gasteiger partial charge on any atom is 0.573 e. The second-order valence-electron chi connectivity index (χ2n) is 4.02. The third kappa shape index (κ3) is 4.18. The lowest BCUT2D eigenvalue weighted by atomic mass is 10.3. The molecule has 0 bridgehead atoms. The van der Waals surface area contributed by atoms with Crippen LogP contribution in [-0.4, -0.2) is 27.4 Å². The summed E-state index contributed by atoms with van der Waals surface area (Å²) in [4.78, 5) is 21.8. The fourth-order valence-electron chi connectivity index (χ4n) is 1.52. The highest BCUT2D eigenvalue weighted by atomic mass is 79.9. The molecule has 1 heterocycles.